The quantitative estimate of drug-likeness (QED) is 0.524. The Balaban J connectivity index is 1.71. The molecule has 0 spiro atoms. The number of carbonyl (C=O) groups is 1. The van der Waals surface area contributed by atoms with Gasteiger partial charge in [0.05, 0.1) is 12.1 Å². The number of aryl methyl sites for hydroxylation is 2. The van der Waals surface area contributed by atoms with Gasteiger partial charge in [0.1, 0.15) is 18.2 Å². The molecule has 0 aromatic heterocycles. The van der Waals surface area contributed by atoms with E-state index in [4.69, 9.17) is 4.74 Å². The monoisotopic (exact) mass is 446 g/mol. The molecule has 0 radical (unpaired) electrons. The van der Waals surface area contributed by atoms with Gasteiger partial charge in [-0.1, -0.05) is 25.1 Å². The number of ether oxygens (including phenoxy) is 1. The van der Waals surface area contributed by atoms with Crippen LogP contribution in [0.25, 0.3) is 0 Å². The minimum atomic E-state index is -0.957. The molecule has 0 unspecified atom stereocenters. The normalized spacial score (nSPS) is 17.5. The summed E-state index contributed by atoms with van der Waals surface area (Å²) in [5.41, 5.74) is 4.21. The fourth-order valence-electron chi connectivity index (χ4n) is 4.33. The lowest BCUT2D eigenvalue weighted by Crippen LogP contribution is -2.50. The van der Waals surface area contributed by atoms with E-state index in [0.29, 0.717) is 5.56 Å². The largest absolute Gasteiger partial charge is 0.390 e. The Kier molecular flexibility index (Phi) is 8.73. The Hall–Kier alpha value is -2.35. The average molecular weight is 447 g/mol. The maximum atomic E-state index is 13.6. The lowest BCUT2D eigenvalue weighted by Gasteiger charge is -2.30. The zero-order chi connectivity index (χ0) is 23.1. The zero-order valence-corrected chi connectivity index (χ0v) is 18.7. The van der Waals surface area contributed by atoms with Gasteiger partial charge in [-0.25, -0.2) is 8.78 Å². The molecule has 1 aliphatic carbocycles. The van der Waals surface area contributed by atoms with E-state index in [0.717, 1.165) is 31.7 Å². The average Bonchev–Trinajstić information content (AvgIpc) is 2.76. The van der Waals surface area contributed by atoms with Crippen molar-refractivity contribution in [1.29, 1.82) is 0 Å². The van der Waals surface area contributed by atoms with E-state index in [-0.39, 0.29) is 25.6 Å². The third-order valence-corrected chi connectivity index (χ3v) is 5.97. The molecule has 2 aromatic rings. The second kappa shape index (κ2) is 11.5. The molecule has 0 aliphatic heterocycles. The van der Waals surface area contributed by atoms with Crippen LogP contribution in [0.1, 0.15) is 48.1 Å². The Morgan fingerprint density at radius 1 is 1.19 bits per heavy atom. The topological polar surface area (TPSA) is 70.6 Å². The van der Waals surface area contributed by atoms with Gasteiger partial charge in [0.25, 0.3) is 0 Å². The first-order valence-corrected chi connectivity index (χ1v) is 11.2. The van der Waals surface area contributed by atoms with E-state index >= 15 is 0 Å². The number of hydrogen-bond acceptors (Lipinski definition) is 4. The molecule has 3 rings (SSSR count). The van der Waals surface area contributed by atoms with E-state index < -0.39 is 29.7 Å². The SMILES string of the molecule is CCc1ccc2c(c1)[C@@H](NC[C@H](O)[C@H](Cc1cc(F)cc(F)c1)NC(=O)COC)CCC2. The van der Waals surface area contributed by atoms with E-state index in [9.17, 15) is 18.7 Å². The minimum absolute atomic E-state index is 0.0915. The molecule has 0 heterocycles. The molecule has 174 valence electrons. The number of nitrogens with one attached hydrogen (secondary N) is 2. The Labute approximate surface area is 188 Å². The number of aliphatic hydroxyl groups is 1. The van der Waals surface area contributed by atoms with Crippen molar-refractivity contribution in [2.24, 2.45) is 0 Å². The molecule has 0 saturated carbocycles. The van der Waals surface area contributed by atoms with Crippen molar-refractivity contribution >= 4 is 5.91 Å². The Bertz CT molecular complexity index is 902. The predicted molar refractivity (Wildman–Crippen MR) is 119 cm³/mol. The van der Waals surface area contributed by atoms with Gasteiger partial charge in [-0.05, 0) is 66.5 Å². The number of benzene rings is 2. The van der Waals surface area contributed by atoms with Crippen LogP contribution in [0.2, 0.25) is 0 Å². The smallest absolute Gasteiger partial charge is 0.246 e. The summed E-state index contributed by atoms with van der Waals surface area (Å²) in [6.07, 6.45) is 3.16. The first-order chi connectivity index (χ1) is 15.4. The molecule has 7 heteroatoms. The van der Waals surface area contributed by atoms with E-state index in [1.165, 1.54) is 35.9 Å². The predicted octanol–water partition coefficient (Wildman–Crippen LogP) is 3.23. The molecule has 0 saturated heterocycles. The van der Waals surface area contributed by atoms with Crippen molar-refractivity contribution in [3.8, 4) is 0 Å². The fourth-order valence-corrected chi connectivity index (χ4v) is 4.33. The van der Waals surface area contributed by atoms with Crippen LogP contribution >= 0.6 is 0 Å². The third-order valence-electron chi connectivity index (χ3n) is 5.97. The van der Waals surface area contributed by atoms with Gasteiger partial charge in [-0.15, -0.1) is 0 Å². The van der Waals surface area contributed by atoms with Crippen LogP contribution < -0.4 is 10.6 Å². The van der Waals surface area contributed by atoms with Crippen LogP contribution in [-0.2, 0) is 28.8 Å². The summed E-state index contributed by atoms with van der Waals surface area (Å²) in [5.74, 6) is -1.79. The Morgan fingerprint density at radius 2 is 1.94 bits per heavy atom. The van der Waals surface area contributed by atoms with E-state index in [2.05, 4.69) is 35.8 Å². The summed E-state index contributed by atoms with van der Waals surface area (Å²) < 4.78 is 32.1. The number of halogens is 2. The lowest BCUT2D eigenvalue weighted by atomic mass is 9.86. The van der Waals surface area contributed by atoms with Crippen molar-refractivity contribution < 1.29 is 23.4 Å². The second-order valence-electron chi connectivity index (χ2n) is 8.40. The number of carbonyl (C=O) groups excluding carboxylic acids is 1. The van der Waals surface area contributed by atoms with Crippen molar-refractivity contribution in [3.63, 3.8) is 0 Å². The number of rotatable bonds is 10. The van der Waals surface area contributed by atoms with Crippen LogP contribution in [-0.4, -0.2) is 43.4 Å². The summed E-state index contributed by atoms with van der Waals surface area (Å²) in [6.45, 7) is 2.19. The highest BCUT2D eigenvalue weighted by molar-refractivity contribution is 5.77. The van der Waals surface area contributed by atoms with Gasteiger partial charge in [0.2, 0.25) is 5.91 Å². The van der Waals surface area contributed by atoms with E-state index in [1.807, 2.05) is 0 Å². The molecule has 3 atom stereocenters. The van der Waals surface area contributed by atoms with E-state index in [1.54, 1.807) is 0 Å². The lowest BCUT2D eigenvalue weighted by molar-refractivity contribution is -0.126. The van der Waals surface area contributed by atoms with Crippen LogP contribution in [0.5, 0.6) is 0 Å². The molecule has 1 aliphatic rings. The van der Waals surface area contributed by atoms with Crippen molar-refractivity contribution in [2.45, 2.75) is 57.2 Å². The highest BCUT2D eigenvalue weighted by Crippen LogP contribution is 2.30. The van der Waals surface area contributed by atoms with Gasteiger partial charge >= 0.3 is 0 Å². The van der Waals surface area contributed by atoms with Crippen molar-refractivity contribution in [3.05, 3.63) is 70.3 Å². The molecular formula is C25H32F2N2O3. The second-order valence-corrected chi connectivity index (χ2v) is 8.40. The highest BCUT2D eigenvalue weighted by Gasteiger charge is 2.25. The summed E-state index contributed by atoms with van der Waals surface area (Å²) in [7, 11) is 1.40. The number of amides is 1. The molecule has 3 N–H and O–H groups in total. The molecule has 5 nitrogen and oxygen atoms in total. The van der Waals surface area contributed by atoms with Crippen LogP contribution in [0.15, 0.2) is 36.4 Å². The maximum Gasteiger partial charge on any atom is 0.246 e. The molecule has 1 amide bonds. The third kappa shape index (κ3) is 6.58. The molecule has 2 aromatic carbocycles. The first-order valence-electron chi connectivity index (χ1n) is 11.2. The standard InChI is InChI=1S/C25H32F2N2O3/c1-3-16-7-8-18-5-4-6-22(21(18)11-16)28-14-24(30)23(29-25(31)15-32-2)12-17-9-19(26)13-20(27)10-17/h7-11,13,22-24,28,30H,3-6,12,14-15H2,1-2H3,(H,29,31)/t22-,23-,24-/m0/s1. The number of aliphatic hydroxyl groups excluding tert-OH is 1. The number of fused-ring (bicyclic) bond motifs is 1. The fraction of sp³-hybridized carbons (Fsp3) is 0.480. The van der Waals surface area contributed by atoms with Gasteiger partial charge in [-0.3, -0.25) is 4.79 Å². The van der Waals surface area contributed by atoms with Gasteiger partial charge in [0, 0.05) is 25.8 Å². The summed E-state index contributed by atoms with van der Waals surface area (Å²) >= 11 is 0. The number of hydrogen-bond donors (Lipinski definition) is 3. The molecule has 0 bridgehead atoms. The highest BCUT2D eigenvalue weighted by atomic mass is 19.1. The zero-order valence-electron chi connectivity index (χ0n) is 18.7. The number of methoxy groups -OCH3 is 1. The summed E-state index contributed by atoms with van der Waals surface area (Å²) in [6, 6.07) is 9.18. The van der Waals surface area contributed by atoms with Crippen molar-refractivity contribution in [1.82, 2.24) is 10.6 Å². The van der Waals surface area contributed by atoms with Crippen LogP contribution in [0.4, 0.5) is 8.78 Å². The molecule has 32 heavy (non-hydrogen) atoms. The van der Waals surface area contributed by atoms with Gasteiger partial charge < -0.3 is 20.5 Å². The van der Waals surface area contributed by atoms with Gasteiger partial charge in [-0.2, -0.15) is 0 Å². The molecule has 0 fully saturated rings. The molecular weight excluding hydrogens is 414 g/mol. The minimum Gasteiger partial charge on any atom is -0.390 e. The van der Waals surface area contributed by atoms with Gasteiger partial charge in [0.15, 0.2) is 0 Å². The van der Waals surface area contributed by atoms with Crippen LogP contribution in [0, 0.1) is 11.6 Å². The first kappa shape index (κ1) is 24.3. The van der Waals surface area contributed by atoms with Crippen LogP contribution in [0.3, 0.4) is 0 Å². The Morgan fingerprint density at radius 3 is 2.62 bits per heavy atom. The van der Waals surface area contributed by atoms with Crippen molar-refractivity contribution in [2.75, 3.05) is 20.3 Å². The maximum absolute atomic E-state index is 13.6. The summed E-state index contributed by atoms with van der Waals surface area (Å²) in [5, 5.41) is 17.1. The summed E-state index contributed by atoms with van der Waals surface area (Å²) in [4.78, 5) is 12.1.